The van der Waals surface area contributed by atoms with Gasteiger partial charge >= 0.3 is 0 Å². The normalized spacial score (nSPS) is 12.2. The molecule has 0 aliphatic carbocycles. The first-order valence-corrected chi connectivity index (χ1v) is 7.87. The van der Waals surface area contributed by atoms with Crippen LogP contribution in [0, 0.1) is 0 Å². The Morgan fingerprint density at radius 3 is 2.43 bits per heavy atom. The maximum absolute atomic E-state index is 10.1. The van der Waals surface area contributed by atoms with Gasteiger partial charge in [0.05, 0.1) is 19.3 Å². The van der Waals surface area contributed by atoms with Gasteiger partial charge in [0, 0.05) is 13.1 Å². The first kappa shape index (κ1) is 17.3. The molecule has 2 rings (SSSR count). The predicted octanol–water partition coefficient (Wildman–Crippen LogP) is 3.31. The zero-order valence-electron chi connectivity index (χ0n) is 14.0. The fraction of sp³-hybridized carbons (Fsp3) is 0.368. The summed E-state index contributed by atoms with van der Waals surface area (Å²) in [4.78, 5) is 0. The summed E-state index contributed by atoms with van der Waals surface area (Å²) in [6.45, 7) is 5.12. The van der Waals surface area contributed by atoms with E-state index < -0.39 is 6.10 Å². The quantitative estimate of drug-likeness (QED) is 0.785. The average Bonchev–Trinajstić information content (AvgIpc) is 2.56. The molecule has 0 fully saturated rings. The molecule has 0 bridgehead atoms. The lowest BCUT2D eigenvalue weighted by Crippen LogP contribution is -2.21. The largest absolute Gasteiger partial charge is 0.493 e. The molecule has 23 heavy (non-hydrogen) atoms. The third-order valence-electron chi connectivity index (χ3n) is 3.44. The molecule has 4 heteroatoms. The lowest BCUT2D eigenvalue weighted by molar-refractivity contribution is 0.174. The van der Waals surface area contributed by atoms with Crippen LogP contribution in [0.15, 0.2) is 48.5 Å². The topological polar surface area (TPSA) is 50.7 Å². The highest BCUT2D eigenvalue weighted by molar-refractivity contribution is 5.43. The molecule has 2 aromatic carbocycles. The van der Waals surface area contributed by atoms with Gasteiger partial charge in [-0.15, -0.1) is 0 Å². The Morgan fingerprint density at radius 2 is 1.78 bits per heavy atom. The van der Waals surface area contributed by atoms with Gasteiger partial charge in [-0.1, -0.05) is 36.4 Å². The first-order chi connectivity index (χ1) is 11.1. The van der Waals surface area contributed by atoms with Gasteiger partial charge < -0.3 is 19.9 Å². The van der Waals surface area contributed by atoms with Crippen molar-refractivity contribution in [2.45, 2.75) is 32.6 Å². The highest BCUT2D eigenvalue weighted by Crippen LogP contribution is 2.29. The van der Waals surface area contributed by atoms with Crippen molar-refractivity contribution in [3.63, 3.8) is 0 Å². The summed E-state index contributed by atoms with van der Waals surface area (Å²) in [5, 5.41) is 13.4. The van der Waals surface area contributed by atoms with Gasteiger partial charge in [-0.25, -0.2) is 0 Å². The molecule has 2 aromatic rings. The van der Waals surface area contributed by atoms with Gasteiger partial charge in [-0.3, -0.25) is 0 Å². The van der Waals surface area contributed by atoms with Crippen LogP contribution in [0.4, 0.5) is 0 Å². The number of methoxy groups -OCH3 is 1. The third kappa shape index (κ3) is 5.27. The van der Waals surface area contributed by atoms with Crippen LogP contribution in [0.2, 0.25) is 0 Å². The zero-order chi connectivity index (χ0) is 16.7. The van der Waals surface area contributed by atoms with Gasteiger partial charge in [0.25, 0.3) is 0 Å². The summed E-state index contributed by atoms with van der Waals surface area (Å²) in [6, 6.07) is 15.5. The molecule has 0 saturated heterocycles. The summed E-state index contributed by atoms with van der Waals surface area (Å²) in [5.41, 5.74) is 2.00. The Labute approximate surface area is 138 Å². The zero-order valence-corrected chi connectivity index (χ0v) is 14.0. The summed E-state index contributed by atoms with van der Waals surface area (Å²) in [5.74, 6) is 1.47. The summed E-state index contributed by atoms with van der Waals surface area (Å²) in [7, 11) is 1.64. The van der Waals surface area contributed by atoms with E-state index in [0.717, 1.165) is 22.6 Å². The van der Waals surface area contributed by atoms with Crippen molar-refractivity contribution in [3.05, 3.63) is 59.7 Å². The summed E-state index contributed by atoms with van der Waals surface area (Å²) >= 11 is 0. The highest BCUT2D eigenvalue weighted by Gasteiger charge is 2.09. The van der Waals surface area contributed by atoms with Crippen molar-refractivity contribution in [1.29, 1.82) is 0 Å². The Kier molecular flexibility index (Phi) is 6.44. The van der Waals surface area contributed by atoms with Crippen LogP contribution in [0.3, 0.4) is 0 Å². The van der Waals surface area contributed by atoms with Crippen molar-refractivity contribution in [3.8, 4) is 11.5 Å². The molecule has 0 radical (unpaired) electrons. The number of aliphatic hydroxyl groups is 1. The van der Waals surface area contributed by atoms with Crippen molar-refractivity contribution < 1.29 is 14.6 Å². The monoisotopic (exact) mass is 315 g/mol. The minimum Gasteiger partial charge on any atom is -0.493 e. The van der Waals surface area contributed by atoms with Gasteiger partial charge in [-0.2, -0.15) is 0 Å². The van der Waals surface area contributed by atoms with Crippen LogP contribution >= 0.6 is 0 Å². The van der Waals surface area contributed by atoms with Crippen molar-refractivity contribution in [2.75, 3.05) is 13.7 Å². The maximum Gasteiger partial charge on any atom is 0.161 e. The molecule has 2 N–H and O–H groups in total. The molecule has 0 saturated carbocycles. The molecule has 0 spiro atoms. The summed E-state index contributed by atoms with van der Waals surface area (Å²) in [6.07, 6.45) is -0.407. The van der Waals surface area contributed by atoms with Gasteiger partial charge in [0.1, 0.15) is 0 Å². The second-order valence-corrected chi connectivity index (χ2v) is 5.71. The molecule has 0 unspecified atom stereocenters. The van der Waals surface area contributed by atoms with E-state index in [-0.39, 0.29) is 6.10 Å². The number of benzene rings is 2. The van der Waals surface area contributed by atoms with Crippen LogP contribution in [0.25, 0.3) is 0 Å². The van der Waals surface area contributed by atoms with E-state index in [4.69, 9.17) is 9.47 Å². The number of rotatable bonds is 8. The lowest BCUT2D eigenvalue weighted by atomic mass is 10.1. The number of nitrogens with one attached hydrogen (secondary N) is 1. The minimum absolute atomic E-state index is 0.105. The maximum atomic E-state index is 10.1. The Hall–Kier alpha value is -2.04. The van der Waals surface area contributed by atoms with Crippen LogP contribution in [0.1, 0.15) is 31.1 Å². The SMILES string of the molecule is COc1cc(CNC[C@@H](O)c2ccccc2)ccc1OC(C)C. The predicted molar refractivity (Wildman–Crippen MR) is 91.9 cm³/mol. The van der Waals surface area contributed by atoms with Crippen molar-refractivity contribution in [2.24, 2.45) is 0 Å². The molecule has 124 valence electrons. The van der Waals surface area contributed by atoms with E-state index in [1.165, 1.54) is 0 Å². The highest BCUT2D eigenvalue weighted by atomic mass is 16.5. The molecule has 0 amide bonds. The van der Waals surface area contributed by atoms with E-state index >= 15 is 0 Å². The Bertz CT molecular complexity index is 599. The molecular formula is C19H25NO3. The third-order valence-corrected chi connectivity index (χ3v) is 3.44. The fourth-order valence-corrected chi connectivity index (χ4v) is 2.32. The second-order valence-electron chi connectivity index (χ2n) is 5.71. The molecule has 0 aliphatic heterocycles. The van der Waals surface area contributed by atoms with E-state index in [1.54, 1.807) is 7.11 Å². The first-order valence-electron chi connectivity index (χ1n) is 7.87. The van der Waals surface area contributed by atoms with Crippen LogP contribution in [-0.2, 0) is 6.54 Å². The van der Waals surface area contributed by atoms with Crippen LogP contribution < -0.4 is 14.8 Å². The summed E-state index contributed by atoms with van der Waals surface area (Å²) < 4.78 is 11.1. The van der Waals surface area contributed by atoms with Crippen molar-refractivity contribution in [1.82, 2.24) is 5.32 Å². The van der Waals surface area contributed by atoms with E-state index in [0.29, 0.717) is 13.1 Å². The Balaban J connectivity index is 1.90. The fourth-order valence-electron chi connectivity index (χ4n) is 2.32. The lowest BCUT2D eigenvalue weighted by Gasteiger charge is -2.15. The van der Waals surface area contributed by atoms with Gasteiger partial charge in [0.2, 0.25) is 0 Å². The minimum atomic E-state index is -0.512. The second kappa shape index (κ2) is 8.56. The average molecular weight is 315 g/mol. The van der Waals surface area contributed by atoms with Gasteiger partial charge in [-0.05, 0) is 37.1 Å². The smallest absolute Gasteiger partial charge is 0.161 e. The molecule has 0 heterocycles. The van der Waals surface area contributed by atoms with Crippen LogP contribution in [-0.4, -0.2) is 24.9 Å². The number of ether oxygens (including phenoxy) is 2. The van der Waals surface area contributed by atoms with Crippen molar-refractivity contribution >= 4 is 0 Å². The molecule has 1 atom stereocenters. The van der Waals surface area contributed by atoms with Gasteiger partial charge in [0.15, 0.2) is 11.5 Å². The molecule has 0 aromatic heterocycles. The molecular weight excluding hydrogens is 290 g/mol. The Morgan fingerprint density at radius 1 is 1.04 bits per heavy atom. The number of hydrogen-bond acceptors (Lipinski definition) is 4. The number of aliphatic hydroxyl groups excluding tert-OH is 1. The van der Waals surface area contributed by atoms with E-state index in [2.05, 4.69) is 5.32 Å². The standard InChI is InChI=1S/C19H25NO3/c1-14(2)23-18-10-9-15(11-19(18)22-3)12-20-13-17(21)16-7-5-4-6-8-16/h4-11,14,17,20-21H,12-13H2,1-3H3/t17-/m1/s1. The molecule has 4 nitrogen and oxygen atoms in total. The van der Waals surface area contributed by atoms with Crippen LogP contribution in [0.5, 0.6) is 11.5 Å². The number of hydrogen-bond donors (Lipinski definition) is 2. The molecule has 0 aliphatic rings. The van der Waals surface area contributed by atoms with E-state index in [9.17, 15) is 5.11 Å². The van der Waals surface area contributed by atoms with E-state index in [1.807, 2.05) is 62.4 Å².